The SMILES string of the molecule is CCCCCCCCCCC=CC(CC(=O)N(CCO)CCO)C(=O)N(CCO)CCO. The lowest BCUT2D eigenvalue weighted by atomic mass is 10.0. The zero-order valence-electron chi connectivity index (χ0n) is 20.0. The maximum Gasteiger partial charge on any atom is 0.230 e. The van der Waals surface area contributed by atoms with E-state index < -0.39 is 5.92 Å². The summed E-state index contributed by atoms with van der Waals surface area (Å²) in [5, 5.41) is 36.8. The standard InChI is InChI=1S/C24H46N2O6/c1-2-3-4-5-6-7-8-9-10-11-12-22(24(32)26(15-19-29)16-20-30)21-23(31)25(13-17-27)14-18-28/h11-12,22,27-30H,2-10,13-21H2,1H3. The lowest BCUT2D eigenvalue weighted by Crippen LogP contribution is -2.42. The Morgan fingerprint density at radius 2 is 1.19 bits per heavy atom. The van der Waals surface area contributed by atoms with Crippen molar-refractivity contribution in [3.05, 3.63) is 12.2 Å². The third-order valence-corrected chi connectivity index (χ3v) is 5.45. The fraction of sp³-hybridized carbons (Fsp3) is 0.833. The van der Waals surface area contributed by atoms with Crippen molar-refractivity contribution in [3.8, 4) is 0 Å². The van der Waals surface area contributed by atoms with Crippen LogP contribution in [0.15, 0.2) is 12.2 Å². The summed E-state index contributed by atoms with van der Waals surface area (Å²) >= 11 is 0. The quantitative estimate of drug-likeness (QED) is 0.153. The van der Waals surface area contributed by atoms with Gasteiger partial charge in [-0.2, -0.15) is 0 Å². The monoisotopic (exact) mass is 458 g/mol. The molecule has 8 nitrogen and oxygen atoms in total. The van der Waals surface area contributed by atoms with Crippen molar-refractivity contribution in [1.82, 2.24) is 9.80 Å². The number of nitrogens with zero attached hydrogens (tertiary/aromatic N) is 2. The molecule has 0 saturated carbocycles. The van der Waals surface area contributed by atoms with Crippen molar-refractivity contribution in [2.75, 3.05) is 52.6 Å². The maximum atomic E-state index is 13.0. The van der Waals surface area contributed by atoms with Gasteiger partial charge < -0.3 is 30.2 Å². The normalized spacial score (nSPS) is 12.3. The Morgan fingerprint density at radius 1 is 0.719 bits per heavy atom. The zero-order chi connectivity index (χ0) is 24.0. The molecule has 0 aromatic heterocycles. The molecule has 0 radical (unpaired) electrons. The number of aliphatic hydroxyl groups excluding tert-OH is 4. The van der Waals surface area contributed by atoms with Crippen LogP contribution in [0.4, 0.5) is 0 Å². The van der Waals surface area contributed by atoms with E-state index in [9.17, 15) is 19.8 Å². The van der Waals surface area contributed by atoms with Crippen LogP contribution >= 0.6 is 0 Å². The highest BCUT2D eigenvalue weighted by Gasteiger charge is 2.26. The minimum absolute atomic E-state index is 0.0832. The van der Waals surface area contributed by atoms with Crippen LogP contribution in [0, 0.1) is 5.92 Å². The van der Waals surface area contributed by atoms with Crippen LogP contribution < -0.4 is 0 Å². The molecule has 0 fully saturated rings. The molecule has 1 unspecified atom stereocenters. The van der Waals surface area contributed by atoms with E-state index in [1.54, 1.807) is 6.08 Å². The fourth-order valence-electron chi connectivity index (χ4n) is 3.62. The summed E-state index contributed by atoms with van der Waals surface area (Å²) in [6.07, 6.45) is 14.2. The van der Waals surface area contributed by atoms with Gasteiger partial charge in [0.2, 0.25) is 11.8 Å². The first-order valence-corrected chi connectivity index (χ1v) is 12.2. The van der Waals surface area contributed by atoms with Crippen LogP contribution in [-0.2, 0) is 9.59 Å². The van der Waals surface area contributed by atoms with Crippen molar-refractivity contribution in [1.29, 1.82) is 0 Å². The van der Waals surface area contributed by atoms with Gasteiger partial charge in [0.05, 0.1) is 32.3 Å². The van der Waals surface area contributed by atoms with Gasteiger partial charge in [0.15, 0.2) is 0 Å². The molecule has 32 heavy (non-hydrogen) atoms. The zero-order valence-corrected chi connectivity index (χ0v) is 20.0. The smallest absolute Gasteiger partial charge is 0.230 e. The van der Waals surface area contributed by atoms with Gasteiger partial charge in [0.25, 0.3) is 0 Å². The predicted molar refractivity (Wildman–Crippen MR) is 126 cm³/mol. The molecule has 1 atom stereocenters. The summed E-state index contributed by atoms with van der Waals surface area (Å²) in [5.74, 6) is -1.35. The van der Waals surface area contributed by atoms with Crippen molar-refractivity contribution in [2.45, 2.75) is 71.1 Å². The van der Waals surface area contributed by atoms with Crippen LogP contribution in [0.3, 0.4) is 0 Å². The molecular formula is C24H46N2O6. The molecule has 0 aromatic carbocycles. The molecule has 0 rings (SSSR count). The van der Waals surface area contributed by atoms with Crippen LogP contribution in [0.2, 0.25) is 0 Å². The molecule has 0 aliphatic heterocycles. The molecule has 4 N–H and O–H groups in total. The number of carbonyl (C=O) groups is 2. The molecular weight excluding hydrogens is 412 g/mol. The highest BCUT2D eigenvalue weighted by atomic mass is 16.3. The van der Waals surface area contributed by atoms with E-state index >= 15 is 0 Å². The van der Waals surface area contributed by atoms with Gasteiger partial charge in [-0.05, 0) is 12.8 Å². The largest absolute Gasteiger partial charge is 0.395 e. The van der Waals surface area contributed by atoms with Crippen LogP contribution in [0.25, 0.3) is 0 Å². The second kappa shape index (κ2) is 21.4. The van der Waals surface area contributed by atoms with Gasteiger partial charge in [0, 0.05) is 32.6 Å². The van der Waals surface area contributed by atoms with Gasteiger partial charge >= 0.3 is 0 Å². The molecule has 0 aliphatic rings. The number of hydrogen-bond acceptors (Lipinski definition) is 6. The third-order valence-electron chi connectivity index (χ3n) is 5.45. The van der Waals surface area contributed by atoms with Gasteiger partial charge in [0.1, 0.15) is 0 Å². The average Bonchev–Trinajstić information content (AvgIpc) is 2.78. The highest BCUT2D eigenvalue weighted by molar-refractivity contribution is 5.87. The summed E-state index contributed by atoms with van der Waals surface area (Å²) in [6.45, 7) is 1.69. The topological polar surface area (TPSA) is 122 Å². The molecule has 0 aliphatic carbocycles. The van der Waals surface area contributed by atoms with Gasteiger partial charge in [-0.1, -0.05) is 64.0 Å². The lowest BCUT2D eigenvalue weighted by molar-refractivity contribution is -0.140. The van der Waals surface area contributed by atoms with E-state index in [0.29, 0.717) is 0 Å². The second-order valence-corrected chi connectivity index (χ2v) is 8.10. The highest BCUT2D eigenvalue weighted by Crippen LogP contribution is 2.15. The number of carbonyl (C=O) groups excluding carboxylic acids is 2. The summed E-state index contributed by atoms with van der Waals surface area (Å²) in [6, 6.07) is 0. The molecule has 0 heterocycles. The minimum atomic E-state index is -0.713. The molecule has 8 heteroatoms. The van der Waals surface area contributed by atoms with Crippen LogP contribution in [-0.4, -0.2) is 94.6 Å². The molecule has 2 amide bonds. The Morgan fingerprint density at radius 3 is 1.69 bits per heavy atom. The van der Waals surface area contributed by atoms with Gasteiger partial charge in [-0.15, -0.1) is 0 Å². The van der Waals surface area contributed by atoms with E-state index in [2.05, 4.69) is 6.92 Å². The van der Waals surface area contributed by atoms with Gasteiger partial charge in [-0.3, -0.25) is 9.59 Å². The van der Waals surface area contributed by atoms with Crippen molar-refractivity contribution in [2.24, 2.45) is 5.92 Å². The first kappa shape index (κ1) is 30.5. The van der Waals surface area contributed by atoms with Crippen molar-refractivity contribution < 1.29 is 30.0 Å². The number of unbranched alkanes of at least 4 members (excludes halogenated alkanes) is 8. The number of hydrogen-bond donors (Lipinski definition) is 4. The van der Waals surface area contributed by atoms with Crippen molar-refractivity contribution in [3.63, 3.8) is 0 Å². The number of rotatable bonds is 21. The lowest BCUT2D eigenvalue weighted by Gasteiger charge is -2.27. The summed E-state index contributed by atoms with van der Waals surface area (Å²) in [4.78, 5) is 28.3. The van der Waals surface area contributed by atoms with E-state index in [0.717, 1.165) is 19.3 Å². The Hall–Kier alpha value is -1.48. The number of allylic oxidation sites excluding steroid dienone is 1. The average molecular weight is 459 g/mol. The molecule has 0 bridgehead atoms. The fourth-order valence-corrected chi connectivity index (χ4v) is 3.62. The van der Waals surface area contributed by atoms with E-state index in [4.69, 9.17) is 10.2 Å². The summed E-state index contributed by atoms with van der Waals surface area (Å²) in [5.41, 5.74) is 0. The molecule has 188 valence electrons. The minimum Gasteiger partial charge on any atom is -0.395 e. The first-order chi connectivity index (χ1) is 15.5. The summed E-state index contributed by atoms with van der Waals surface area (Å²) in [7, 11) is 0. The summed E-state index contributed by atoms with van der Waals surface area (Å²) < 4.78 is 0. The second-order valence-electron chi connectivity index (χ2n) is 8.10. The van der Waals surface area contributed by atoms with Crippen LogP contribution in [0.5, 0.6) is 0 Å². The Bertz CT molecular complexity index is 489. The third kappa shape index (κ3) is 14.6. The van der Waals surface area contributed by atoms with E-state index in [1.807, 2.05) is 6.08 Å². The van der Waals surface area contributed by atoms with E-state index in [1.165, 1.54) is 48.3 Å². The van der Waals surface area contributed by atoms with Crippen molar-refractivity contribution >= 4 is 11.8 Å². The Balaban J connectivity index is 4.89. The molecule has 0 saturated heterocycles. The Kier molecular flexibility index (Phi) is 20.4. The predicted octanol–water partition coefficient (Wildman–Crippen LogP) is 1.71. The van der Waals surface area contributed by atoms with Gasteiger partial charge in [-0.25, -0.2) is 0 Å². The van der Waals surface area contributed by atoms with E-state index in [-0.39, 0.29) is 70.8 Å². The number of aliphatic hydroxyl groups is 4. The first-order valence-electron chi connectivity index (χ1n) is 12.2. The van der Waals surface area contributed by atoms with Crippen LogP contribution in [0.1, 0.15) is 71.1 Å². The molecule has 0 spiro atoms. The maximum absolute atomic E-state index is 13.0. The molecule has 0 aromatic rings. The Labute approximate surface area is 193 Å². The number of amides is 2.